The number of aryl methyl sites for hydroxylation is 1. The molecule has 14 nitrogen and oxygen atoms in total. The van der Waals surface area contributed by atoms with Crippen molar-refractivity contribution in [2.45, 2.75) is 22.6 Å². The molecule has 36 heavy (non-hydrogen) atoms. The highest BCUT2D eigenvalue weighted by molar-refractivity contribution is 8.01. The van der Waals surface area contributed by atoms with Crippen molar-refractivity contribution < 1.29 is 34.1 Å². The molecule has 1 aromatic carbocycles. The number of fused-ring (bicyclic) bond motifs is 1. The highest BCUT2D eigenvalue weighted by Gasteiger charge is 2.54. The molecule has 2 aromatic rings. The zero-order chi connectivity index (χ0) is 26.0. The van der Waals surface area contributed by atoms with Crippen LogP contribution >= 0.6 is 23.5 Å². The summed E-state index contributed by atoms with van der Waals surface area (Å²) in [5.41, 5.74) is 6.93. The van der Waals surface area contributed by atoms with E-state index >= 15 is 0 Å². The summed E-state index contributed by atoms with van der Waals surface area (Å²) in [7, 11) is 1.67. The Labute approximate surface area is 212 Å². The number of amides is 2. The third-order valence-electron chi connectivity index (χ3n) is 5.39. The maximum atomic E-state index is 12.9. The monoisotopic (exact) mass is 535 g/mol. The van der Waals surface area contributed by atoms with Crippen LogP contribution in [0.4, 0.5) is 0 Å². The smallest absolute Gasteiger partial charge is 0.352 e. The minimum Gasteiger partial charge on any atom is -0.482 e. The average molecular weight is 536 g/mol. The summed E-state index contributed by atoms with van der Waals surface area (Å²) in [4.78, 5) is 49.4. The summed E-state index contributed by atoms with van der Waals surface area (Å²) in [6, 6.07) is 3.99. The van der Waals surface area contributed by atoms with Crippen molar-refractivity contribution in [3.8, 4) is 5.75 Å². The van der Waals surface area contributed by atoms with Gasteiger partial charge in [0.25, 0.3) is 5.91 Å². The number of aromatic nitrogens is 4. The molecule has 4 rings (SSSR count). The van der Waals surface area contributed by atoms with Crippen molar-refractivity contribution in [3.63, 3.8) is 0 Å². The van der Waals surface area contributed by atoms with Crippen molar-refractivity contribution in [3.05, 3.63) is 41.1 Å². The van der Waals surface area contributed by atoms with E-state index in [1.165, 1.54) is 57.4 Å². The number of carboxylic acid groups (broad SMARTS) is 2. The fourth-order valence-electron chi connectivity index (χ4n) is 3.60. The van der Waals surface area contributed by atoms with Crippen LogP contribution in [0, 0.1) is 0 Å². The fraction of sp³-hybridized carbons (Fsp3) is 0.350. The molecule has 1 unspecified atom stereocenters. The van der Waals surface area contributed by atoms with Crippen LogP contribution in [-0.4, -0.2) is 88.6 Å². The maximum absolute atomic E-state index is 12.9. The van der Waals surface area contributed by atoms with E-state index in [0.29, 0.717) is 27.8 Å². The molecule has 0 aliphatic carbocycles. The summed E-state index contributed by atoms with van der Waals surface area (Å²) < 4.78 is 6.51. The van der Waals surface area contributed by atoms with Crippen molar-refractivity contribution in [2.24, 2.45) is 12.8 Å². The second-order valence-electron chi connectivity index (χ2n) is 7.76. The zero-order valence-corrected chi connectivity index (χ0v) is 20.4. The molecular formula is C20H21N7O7S2. The maximum Gasteiger partial charge on any atom is 0.352 e. The fourth-order valence-corrected chi connectivity index (χ4v) is 5.94. The van der Waals surface area contributed by atoms with Gasteiger partial charge in [0.2, 0.25) is 11.1 Å². The first kappa shape index (κ1) is 25.5. The number of carbonyl (C=O) groups excluding carboxylic acids is 2. The third-order valence-corrected chi connectivity index (χ3v) is 7.82. The Kier molecular flexibility index (Phi) is 7.46. The quantitative estimate of drug-likeness (QED) is 0.218. The number of aliphatic carboxylic acids is 2. The van der Waals surface area contributed by atoms with Gasteiger partial charge in [-0.05, 0) is 33.7 Å². The number of ether oxygens (including phenoxy) is 1. The summed E-state index contributed by atoms with van der Waals surface area (Å²) in [6.07, 6.45) is 0. The van der Waals surface area contributed by atoms with Crippen LogP contribution in [-0.2, 0) is 26.2 Å². The van der Waals surface area contributed by atoms with Crippen LogP contribution in [0.3, 0.4) is 0 Å². The van der Waals surface area contributed by atoms with E-state index in [9.17, 15) is 24.3 Å². The molecule has 2 amide bonds. The van der Waals surface area contributed by atoms with Gasteiger partial charge in [-0.25, -0.2) is 14.3 Å². The number of nitrogens with one attached hydrogen (secondary N) is 1. The van der Waals surface area contributed by atoms with Gasteiger partial charge in [-0.1, -0.05) is 23.9 Å². The van der Waals surface area contributed by atoms with Gasteiger partial charge >= 0.3 is 11.9 Å². The molecule has 1 fully saturated rings. The molecule has 190 valence electrons. The van der Waals surface area contributed by atoms with Crippen LogP contribution in [0.2, 0.25) is 0 Å². The zero-order valence-electron chi connectivity index (χ0n) is 18.7. The van der Waals surface area contributed by atoms with Gasteiger partial charge in [-0.15, -0.1) is 16.9 Å². The minimum absolute atomic E-state index is 0.0990. The average Bonchev–Trinajstić information content (AvgIpc) is 3.28. The van der Waals surface area contributed by atoms with Gasteiger partial charge in [0.15, 0.2) is 6.61 Å². The lowest BCUT2D eigenvalue weighted by Crippen LogP contribution is -2.71. The van der Waals surface area contributed by atoms with Crippen LogP contribution in [0.15, 0.2) is 40.7 Å². The Morgan fingerprint density at radius 2 is 2.03 bits per heavy atom. The Morgan fingerprint density at radius 1 is 1.31 bits per heavy atom. The molecule has 2 aliphatic rings. The van der Waals surface area contributed by atoms with E-state index in [2.05, 4.69) is 20.8 Å². The molecule has 0 radical (unpaired) electrons. The molecule has 5 N–H and O–H groups in total. The van der Waals surface area contributed by atoms with Gasteiger partial charge in [0, 0.05) is 18.6 Å². The van der Waals surface area contributed by atoms with E-state index in [1.54, 1.807) is 7.05 Å². The first-order chi connectivity index (χ1) is 17.2. The normalized spacial score (nSPS) is 19.8. The molecule has 3 heterocycles. The van der Waals surface area contributed by atoms with Gasteiger partial charge in [-0.2, -0.15) is 0 Å². The largest absolute Gasteiger partial charge is 0.482 e. The van der Waals surface area contributed by atoms with Gasteiger partial charge < -0.3 is 26.0 Å². The lowest BCUT2D eigenvalue weighted by atomic mass is 10.0. The second kappa shape index (κ2) is 10.5. The second-order valence-corrected chi connectivity index (χ2v) is 9.80. The van der Waals surface area contributed by atoms with Crippen LogP contribution in [0.5, 0.6) is 5.75 Å². The standard InChI is InChI=1S/C20H21N7O7S2/c1-26-20(23-24-25-26)36-8-10-7-35-18-14(17(31)27(18)15(10)19(32)33)22-16(30)13(21)9-2-4-11(5-3-9)34-6-12(28)29/h2-5,13-14,18H,6-8,21H2,1H3,(H,22,30)(H,28,29)(H,32,33)/t13?,14-,18+/m1/s1. The molecule has 0 spiro atoms. The first-order valence-corrected chi connectivity index (χ1v) is 12.5. The molecule has 0 saturated carbocycles. The number of hydrogen-bond acceptors (Lipinski definition) is 11. The van der Waals surface area contributed by atoms with E-state index in [0.717, 1.165) is 0 Å². The van der Waals surface area contributed by atoms with Gasteiger partial charge in [-0.3, -0.25) is 14.5 Å². The van der Waals surface area contributed by atoms with Crippen molar-refractivity contribution in [2.75, 3.05) is 18.1 Å². The highest BCUT2D eigenvalue weighted by Crippen LogP contribution is 2.41. The molecule has 0 bridgehead atoms. The lowest BCUT2D eigenvalue weighted by Gasteiger charge is -2.49. The Morgan fingerprint density at radius 3 is 2.64 bits per heavy atom. The Bertz CT molecular complexity index is 1230. The number of β-lactam (4-membered cyclic amide) rings is 1. The van der Waals surface area contributed by atoms with Gasteiger partial charge in [0.05, 0.1) is 0 Å². The van der Waals surface area contributed by atoms with Crippen LogP contribution in [0.25, 0.3) is 0 Å². The predicted molar refractivity (Wildman–Crippen MR) is 126 cm³/mol. The van der Waals surface area contributed by atoms with Crippen LogP contribution in [0.1, 0.15) is 11.6 Å². The number of benzene rings is 1. The number of nitrogens with zero attached hydrogens (tertiary/aromatic N) is 5. The highest BCUT2D eigenvalue weighted by atomic mass is 32.2. The topological polar surface area (TPSA) is 203 Å². The third kappa shape index (κ3) is 5.14. The molecule has 16 heteroatoms. The number of nitrogens with two attached hydrogens (primary N) is 1. The van der Waals surface area contributed by atoms with E-state index in [1.807, 2.05) is 0 Å². The Balaban J connectivity index is 1.40. The lowest BCUT2D eigenvalue weighted by molar-refractivity contribution is -0.150. The summed E-state index contributed by atoms with van der Waals surface area (Å²) in [5, 5.41) is 32.1. The molecule has 3 atom stereocenters. The number of rotatable bonds is 10. The number of tetrazole rings is 1. The SMILES string of the molecule is Cn1nnnc1SCC1=C(C(=O)O)N2C(=O)[C@@H](NC(=O)C(N)c3ccc(OCC(=O)O)cc3)[C@@H]2SC1. The number of hydrogen-bond donors (Lipinski definition) is 4. The van der Waals surface area contributed by atoms with E-state index in [4.69, 9.17) is 15.6 Å². The Hall–Kier alpha value is -3.63. The molecule has 2 aliphatic heterocycles. The molecule has 1 aromatic heterocycles. The van der Waals surface area contributed by atoms with E-state index < -0.39 is 47.8 Å². The number of carbonyl (C=O) groups is 4. The molecule has 1 saturated heterocycles. The minimum atomic E-state index is -1.23. The predicted octanol–water partition coefficient (Wildman–Crippen LogP) is -0.796. The summed E-state index contributed by atoms with van der Waals surface area (Å²) in [6.45, 7) is -0.504. The number of carboxylic acids is 2. The van der Waals surface area contributed by atoms with Crippen molar-refractivity contribution in [1.29, 1.82) is 0 Å². The van der Waals surface area contributed by atoms with Crippen molar-refractivity contribution in [1.82, 2.24) is 30.4 Å². The summed E-state index contributed by atoms with van der Waals surface area (Å²) in [5.74, 6) is -2.56. The summed E-state index contributed by atoms with van der Waals surface area (Å²) >= 11 is 2.61. The molecular weight excluding hydrogens is 514 g/mol. The van der Waals surface area contributed by atoms with Crippen molar-refractivity contribution >= 4 is 47.3 Å². The van der Waals surface area contributed by atoms with E-state index in [-0.39, 0.29) is 11.4 Å². The van der Waals surface area contributed by atoms with Gasteiger partial charge in [0.1, 0.15) is 28.9 Å². The number of thioether (sulfide) groups is 2. The van der Waals surface area contributed by atoms with Crippen LogP contribution < -0.4 is 15.8 Å². The first-order valence-electron chi connectivity index (χ1n) is 10.4.